The third kappa shape index (κ3) is 7.56. The fourth-order valence-corrected chi connectivity index (χ4v) is 6.11. The number of fused-ring (bicyclic) bond motifs is 1. The lowest BCUT2D eigenvalue weighted by Crippen LogP contribution is -2.53. The normalized spacial score (nSPS) is 13.3. The van der Waals surface area contributed by atoms with Gasteiger partial charge in [-0.15, -0.1) is 0 Å². The van der Waals surface area contributed by atoms with Crippen LogP contribution in [0, 0.1) is 5.82 Å². The Labute approximate surface area is 251 Å². The van der Waals surface area contributed by atoms with Gasteiger partial charge < -0.3 is 24.4 Å². The zero-order valence-corrected chi connectivity index (χ0v) is 25.4. The maximum absolute atomic E-state index is 14.1. The largest absolute Gasteiger partial charge is 0.497 e. The molecule has 12 heteroatoms. The predicted molar refractivity (Wildman–Crippen MR) is 159 cm³/mol. The molecule has 0 aromatic heterocycles. The van der Waals surface area contributed by atoms with E-state index < -0.39 is 34.3 Å². The molecule has 1 N–H and O–H groups in total. The molecule has 0 saturated heterocycles. The first kappa shape index (κ1) is 31.6. The molecule has 3 aromatic carbocycles. The molecule has 2 amide bonds. The van der Waals surface area contributed by atoms with E-state index in [-0.39, 0.29) is 47.9 Å². The molecule has 0 bridgehead atoms. The Hall–Kier alpha value is -4.32. The number of nitrogens with zero attached hydrogens (tertiary/aromatic N) is 2. The summed E-state index contributed by atoms with van der Waals surface area (Å²) in [5.74, 6) is -0.254. The lowest BCUT2D eigenvalue weighted by molar-refractivity contribution is -0.140. The van der Waals surface area contributed by atoms with E-state index in [0.717, 1.165) is 16.4 Å². The number of nitrogens with one attached hydrogen (secondary N) is 1. The van der Waals surface area contributed by atoms with Crippen LogP contribution < -0.4 is 23.8 Å². The maximum atomic E-state index is 14.1. The lowest BCUT2D eigenvalue weighted by atomic mass is 10.1. The van der Waals surface area contributed by atoms with Crippen LogP contribution in [0.4, 0.5) is 10.1 Å². The van der Waals surface area contributed by atoms with Gasteiger partial charge in [-0.05, 0) is 74.4 Å². The molecule has 43 heavy (non-hydrogen) atoms. The summed E-state index contributed by atoms with van der Waals surface area (Å²) in [6.07, 6.45) is 0.284. The zero-order valence-electron chi connectivity index (χ0n) is 24.6. The average Bonchev–Trinajstić information content (AvgIpc) is 2.99. The molecule has 1 unspecified atom stereocenters. The summed E-state index contributed by atoms with van der Waals surface area (Å²) in [7, 11) is -2.83. The van der Waals surface area contributed by atoms with Gasteiger partial charge in [-0.1, -0.05) is 19.1 Å². The van der Waals surface area contributed by atoms with Crippen LogP contribution >= 0.6 is 0 Å². The van der Waals surface area contributed by atoms with E-state index in [1.807, 2.05) is 13.8 Å². The predicted octanol–water partition coefficient (Wildman–Crippen LogP) is 4.13. The first-order valence-corrected chi connectivity index (χ1v) is 15.4. The summed E-state index contributed by atoms with van der Waals surface area (Å²) < 4.78 is 59.3. The highest BCUT2D eigenvalue weighted by molar-refractivity contribution is 7.92. The Morgan fingerprint density at radius 3 is 2.23 bits per heavy atom. The smallest absolute Gasteiger partial charge is 0.264 e. The van der Waals surface area contributed by atoms with Gasteiger partial charge in [0.15, 0.2) is 11.5 Å². The van der Waals surface area contributed by atoms with Gasteiger partial charge in [-0.25, -0.2) is 12.8 Å². The highest BCUT2D eigenvalue weighted by Crippen LogP contribution is 2.34. The topological polar surface area (TPSA) is 114 Å². The van der Waals surface area contributed by atoms with Gasteiger partial charge in [0.25, 0.3) is 10.0 Å². The number of sulfonamides is 1. The summed E-state index contributed by atoms with van der Waals surface area (Å²) in [5.41, 5.74) is 0.793. The molecule has 3 aromatic rings. The lowest BCUT2D eigenvalue weighted by Gasteiger charge is -2.33. The van der Waals surface area contributed by atoms with Crippen molar-refractivity contribution in [2.24, 2.45) is 0 Å². The van der Waals surface area contributed by atoms with Crippen molar-refractivity contribution in [2.45, 2.75) is 50.7 Å². The van der Waals surface area contributed by atoms with Gasteiger partial charge in [0.1, 0.15) is 37.4 Å². The standard InChI is InChI=1S/C31H36FN3O7S/c1-5-27(31(37)33-21(2)3)34(19-22-6-12-25(40-4)13-7-22)30(36)20-35(24-10-8-23(32)9-11-24)43(38,39)26-14-15-28-29(18-26)42-17-16-41-28/h6-15,18,21,27H,5,16-17,19-20H2,1-4H3,(H,33,37). The van der Waals surface area contributed by atoms with E-state index in [0.29, 0.717) is 23.7 Å². The third-order valence-corrected chi connectivity index (χ3v) is 8.59. The van der Waals surface area contributed by atoms with Crippen LogP contribution in [0.3, 0.4) is 0 Å². The van der Waals surface area contributed by atoms with Crippen LogP contribution in [0.1, 0.15) is 32.8 Å². The molecular formula is C31H36FN3O7S. The van der Waals surface area contributed by atoms with Gasteiger partial charge in [0.05, 0.1) is 17.7 Å². The fourth-order valence-electron chi connectivity index (χ4n) is 4.68. The van der Waals surface area contributed by atoms with E-state index in [2.05, 4.69) is 5.32 Å². The first-order valence-electron chi connectivity index (χ1n) is 13.9. The number of methoxy groups -OCH3 is 1. The van der Waals surface area contributed by atoms with E-state index >= 15 is 0 Å². The number of hydrogen-bond acceptors (Lipinski definition) is 7. The van der Waals surface area contributed by atoms with Crippen molar-refractivity contribution < 1.29 is 36.6 Å². The minimum atomic E-state index is -4.37. The second kappa shape index (κ2) is 13.8. The van der Waals surface area contributed by atoms with E-state index in [4.69, 9.17) is 14.2 Å². The summed E-state index contributed by atoms with van der Waals surface area (Å²) in [5, 5.41) is 2.86. The number of carbonyl (C=O) groups is 2. The Kier molecular flexibility index (Phi) is 10.1. The summed E-state index contributed by atoms with van der Waals surface area (Å²) in [6.45, 7) is 5.39. The Bertz CT molecular complexity index is 1530. The number of benzene rings is 3. The fraction of sp³-hybridized carbons (Fsp3) is 0.355. The minimum Gasteiger partial charge on any atom is -0.497 e. The van der Waals surface area contributed by atoms with Gasteiger partial charge >= 0.3 is 0 Å². The highest BCUT2D eigenvalue weighted by Gasteiger charge is 2.34. The molecule has 10 nitrogen and oxygen atoms in total. The number of amides is 2. The number of ether oxygens (including phenoxy) is 3. The van der Waals surface area contributed by atoms with E-state index in [1.165, 1.54) is 35.2 Å². The number of carbonyl (C=O) groups excluding carboxylic acids is 2. The monoisotopic (exact) mass is 613 g/mol. The molecule has 1 aliphatic heterocycles. The third-order valence-electron chi connectivity index (χ3n) is 6.82. The Morgan fingerprint density at radius 1 is 0.977 bits per heavy atom. The molecule has 0 radical (unpaired) electrons. The van der Waals surface area contributed by atoms with Crippen LogP contribution in [-0.2, 0) is 26.2 Å². The molecule has 0 spiro atoms. The molecule has 1 atom stereocenters. The summed E-state index contributed by atoms with van der Waals surface area (Å²) in [6, 6.07) is 15.0. The molecule has 4 rings (SSSR count). The minimum absolute atomic E-state index is 0.0359. The van der Waals surface area contributed by atoms with Crippen LogP contribution in [0.15, 0.2) is 71.6 Å². The average molecular weight is 614 g/mol. The van der Waals surface area contributed by atoms with Gasteiger partial charge in [0.2, 0.25) is 11.8 Å². The van der Waals surface area contributed by atoms with Crippen molar-refractivity contribution in [3.8, 4) is 17.2 Å². The Morgan fingerprint density at radius 2 is 1.63 bits per heavy atom. The molecule has 0 fully saturated rings. The summed E-state index contributed by atoms with van der Waals surface area (Å²) in [4.78, 5) is 28.6. The van der Waals surface area contributed by atoms with Crippen LogP contribution in [0.5, 0.6) is 17.2 Å². The number of anilines is 1. The second-order valence-corrected chi connectivity index (χ2v) is 12.1. The van der Waals surface area contributed by atoms with Crippen LogP contribution in [0.2, 0.25) is 0 Å². The van der Waals surface area contributed by atoms with Crippen molar-refractivity contribution in [2.75, 3.05) is 31.2 Å². The molecular weight excluding hydrogens is 577 g/mol. The number of rotatable bonds is 12. The van der Waals surface area contributed by atoms with Crippen molar-refractivity contribution in [3.63, 3.8) is 0 Å². The molecule has 1 aliphatic rings. The van der Waals surface area contributed by atoms with E-state index in [1.54, 1.807) is 38.3 Å². The first-order chi connectivity index (χ1) is 20.5. The quantitative estimate of drug-likeness (QED) is 0.327. The van der Waals surface area contributed by atoms with Crippen LogP contribution in [0.25, 0.3) is 0 Å². The van der Waals surface area contributed by atoms with Crippen molar-refractivity contribution in [1.29, 1.82) is 0 Å². The number of halogens is 1. The van der Waals surface area contributed by atoms with Crippen molar-refractivity contribution in [1.82, 2.24) is 10.2 Å². The summed E-state index contributed by atoms with van der Waals surface area (Å²) >= 11 is 0. The highest BCUT2D eigenvalue weighted by atomic mass is 32.2. The van der Waals surface area contributed by atoms with E-state index in [9.17, 15) is 22.4 Å². The van der Waals surface area contributed by atoms with Gasteiger partial charge in [-0.3, -0.25) is 13.9 Å². The molecule has 0 aliphatic carbocycles. The SMILES string of the molecule is CCC(C(=O)NC(C)C)N(Cc1ccc(OC)cc1)C(=O)CN(c1ccc(F)cc1)S(=O)(=O)c1ccc2c(c1)OCCO2. The molecule has 230 valence electrons. The van der Waals surface area contributed by atoms with Crippen molar-refractivity contribution in [3.05, 3.63) is 78.1 Å². The van der Waals surface area contributed by atoms with Gasteiger partial charge in [0, 0.05) is 18.7 Å². The maximum Gasteiger partial charge on any atom is 0.264 e. The number of hydrogen-bond donors (Lipinski definition) is 1. The second-order valence-electron chi connectivity index (χ2n) is 10.3. The Balaban J connectivity index is 1.74. The zero-order chi connectivity index (χ0) is 31.1. The molecule has 0 saturated carbocycles. The van der Waals surface area contributed by atoms with Crippen molar-refractivity contribution >= 4 is 27.5 Å². The van der Waals surface area contributed by atoms with Crippen LogP contribution in [-0.4, -0.2) is 64.1 Å². The van der Waals surface area contributed by atoms with Gasteiger partial charge in [-0.2, -0.15) is 0 Å². The molecule has 1 heterocycles.